The number of pyridine rings is 2. The van der Waals surface area contributed by atoms with E-state index in [2.05, 4.69) is 20.1 Å². The van der Waals surface area contributed by atoms with Crippen LogP contribution in [0.15, 0.2) is 71.9 Å². The molecule has 164 valence electrons. The smallest absolute Gasteiger partial charge is 0.405 e. The quantitative estimate of drug-likeness (QED) is 0.495. The van der Waals surface area contributed by atoms with Crippen molar-refractivity contribution in [3.8, 4) is 5.75 Å². The van der Waals surface area contributed by atoms with E-state index in [9.17, 15) is 22.8 Å². The minimum absolute atomic E-state index is 0.150. The molecule has 1 amide bonds. The van der Waals surface area contributed by atoms with E-state index in [4.69, 9.17) is 0 Å². The van der Waals surface area contributed by atoms with E-state index < -0.39 is 23.7 Å². The van der Waals surface area contributed by atoms with Gasteiger partial charge in [-0.3, -0.25) is 9.78 Å². The molecule has 0 aliphatic rings. The molecular weight excluding hydrogens is 427 g/mol. The highest BCUT2D eigenvalue weighted by atomic mass is 19.4. The van der Waals surface area contributed by atoms with Gasteiger partial charge >= 0.3 is 12.1 Å². The molecule has 0 saturated carbocycles. The highest BCUT2D eigenvalue weighted by Crippen LogP contribution is 2.26. The van der Waals surface area contributed by atoms with Crippen LogP contribution in [0, 0.1) is 0 Å². The number of para-hydroxylation sites is 1. The molecule has 0 spiro atoms. The molecule has 3 heterocycles. The molecule has 4 rings (SSSR count). The van der Waals surface area contributed by atoms with Crippen molar-refractivity contribution in [2.24, 2.45) is 0 Å². The van der Waals surface area contributed by atoms with Crippen molar-refractivity contribution in [2.45, 2.75) is 19.5 Å². The minimum atomic E-state index is -4.84. The standard InChI is InChI=1S/C21H16F3N5O3/c22-21(23,24)32-17-4-2-1-3-15(17)11-26-19(30)16-5-6-18-27-29(20(31)28(18)13-16)12-14-7-9-25-10-8-14/h1-10,13H,11-12H2,(H,26,30). The van der Waals surface area contributed by atoms with Gasteiger partial charge < -0.3 is 10.1 Å². The third-order valence-corrected chi connectivity index (χ3v) is 4.56. The fraction of sp³-hybridized carbons (Fsp3) is 0.143. The number of ether oxygens (including phenoxy) is 1. The molecule has 0 atom stereocenters. The Morgan fingerprint density at radius 3 is 2.56 bits per heavy atom. The molecule has 0 fully saturated rings. The summed E-state index contributed by atoms with van der Waals surface area (Å²) in [5, 5.41) is 6.78. The summed E-state index contributed by atoms with van der Waals surface area (Å²) in [5.41, 5.74) is 1.06. The van der Waals surface area contributed by atoms with Crippen LogP contribution in [-0.4, -0.2) is 31.4 Å². The summed E-state index contributed by atoms with van der Waals surface area (Å²) in [6.45, 7) is 0.0415. The third kappa shape index (κ3) is 4.77. The van der Waals surface area contributed by atoms with Gasteiger partial charge in [0.05, 0.1) is 12.1 Å². The Kier molecular flexibility index (Phi) is 5.63. The Morgan fingerprint density at radius 2 is 1.81 bits per heavy atom. The van der Waals surface area contributed by atoms with Crippen LogP contribution in [0.4, 0.5) is 13.2 Å². The number of hydrogen-bond acceptors (Lipinski definition) is 5. The van der Waals surface area contributed by atoms with Gasteiger partial charge in [0.1, 0.15) is 5.75 Å². The molecule has 0 unspecified atom stereocenters. The maximum Gasteiger partial charge on any atom is 0.573 e. The Hall–Kier alpha value is -4.15. The number of benzene rings is 1. The van der Waals surface area contributed by atoms with Gasteiger partial charge in [-0.2, -0.15) is 0 Å². The molecular formula is C21H16F3N5O3. The molecule has 0 aliphatic heterocycles. The molecule has 0 bridgehead atoms. The summed E-state index contributed by atoms with van der Waals surface area (Å²) in [5.74, 6) is -0.966. The molecule has 1 aromatic carbocycles. The first-order valence-corrected chi connectivity index (χ1v) is 9.40. The first-order valence-electron chi connectivity index (χ1n) is 9.40. The van der Waals surface area contributed by atoms with Crippen molar-refractivity contribution >= 4 is 11.6 Å². The zero-order chi connectivity index (χ0) is 22.7. The van der Waals surface area contributed by atoms with Gasteiger partial charge in [0.15, 0.2) is 5.65 Å². The van der Waals surface area contributed by atoms with E-state index in [1.165, 1.54) is 45.6 Å². The SMILES string of the molecule is O=C(NCc1ccccc1OC(F)(F)F)c1ccc2nn(Cc3ccncc3)c(=O)n2c1. The molecule has 0 aliphatic carbocycles. The number of carbonyl (C=O) groups excluding carboxylic acids is 1. The second-order valence-electron chi connectivity index (χ2n) is 6.78. The number of halogens is 3. The lowest BCUT2D eigenvalue weighted by atomic mass is 10.2. The summed E-state index contributed by atoms with van der Waals surface area (Å²) >= 11 is 0. The van der Waals surface area contributed by atoms with Crippen molar-refractivity contribution in [3.05, 3.63) is 94.3 Å². The van der Waals surface area contributed by atoms with Crippen LogP contribution in [0.25, 0.3) is 5.65 Å². The molecule has 3 aromatic heterocycles. The Labute approximate surface area is 178 Å². The van der Waals surface area contributed by atoms with Crippen LogP contribution in [0.1, 0.15) is 21.5 Å². The summed E-state index contributed by atoms with van der Waals surface area (Å²) in [7, 11) is 0. The maximum atomic E-state index is 12.7. The van der Waals surface area contributed by atoms with Crippen LogP contribution >= 0.6 is 0 Å². The number of amides is 1. The fourth-order valence-electron chi connectivity index (χ4n) is 3.07. The third-order valence-electron chi connectivity index (χ3n) is 4.56. The lowest BCUT2D eigenvalue weighted by molar-refractivity contribution is -0.274. The first kappa shape index (κ1) is 21.1. The molecule has 1 N–H and O–H groups in total. The average molecular weight is 443 g/mol. The molecule has 11 heteroatoms. The number of nitrogens with one attached hydrogen (secondary N) is 1. The zero-order valence-corrected chi connectivity index (χ0v) is 16.4. The number of nitrogens with zero attached hydrogens (tertiary/aromatic N) is 4. The van der Waals surface area contributed by atoms with E-state index in [-0.39, 0.29) is 24.2 Å². The number of hydrogen-bond donors (Lipinski definition) is 1. The molecule has 0 saturated heterocycles. The number of carbonyl (C=O) groups is 1. The van der Waals surface area contributed by atoms with Gasteiger partial charge in [-0.05, 0) is 35.9 Å². The Bertz CT molecular complexity index is 1320. The second kappa shape index (κ2) is 8.53. The lowest BCUT2D eigenvalue weighted by Crippen LogP contribution is -2.26. The predicted molar refractivity (Wildman–Crippen MR) is 107 cm³/mol. The van der Waals surface area contributed by atoms with Crippen LogP contribution in [0.5, 0.6) is 5.75 Å². The highest BCUT2D eigenvalue weighted by molar-refractivity contribution is 5.94. The van der Waals surface area contributed by atoms with E-state index in [1.54, 1.807) is 24.5 Å². The minimum Gasteiger partial charge on any atom is -0.405 e. The van der Waals surface area contributed by atoms with Gasteiger partial charge in [0.2, 0.25) is 0 Å². The van der Waals surface area contributed by atoms with Crippen molar-refractivity contribution in [1.82, 2.24) is 24.5 Å². The van der Waals surface area contributed by atoms with Gasteiger partial charge in [0.25, 0.3) is 5.91 Å². The molecule has 8 nitrogen and oxygen atoms in total. The first-order chi connectivity index (χ1) is 15.3. The van der Waals surface area contributed by atoms with Gasteiger partial charge in [-0.1, -0.05) is 18.2 Å². The van der Waals surface area contributed by atoms with Gasteiger partial charge in [0, 0.05) is 30.7 Å². The van der Waals surface area contributed by atoms with Crippen LogP contribution < -0.4 is 15.7 Å². The largest absolute Gasteiger partial charge is 0.573 e. The van der Waals surface area contributed by atoms with Crippen LogP contribution in [0.2, 0.25) is 0 Å². The van der Waals surface area contributed by atoms with Gasteiger partial charge in [-0.15, -0.1) is 18.3 Å². The molecule has 32 heavy (non-hydrogen) atoms. The Balaban J connectivity index is 1.51. The summed E-state index contributed by atoms with van der Waals surface area (Å²) < 4.78 is 44.2. The lowest BCUT2D eigenvalue weighted by Gasteiger charge is -2.13. The molecule has 0 radical (unpaired) electrons. The number of fused-ring (bicyclic) bond motifs is 1. The fourth-order valence-corrected chi connectivity index (χ4v) is 3.07. The summed E-state index contributed by atoms with van der Waals surface area (Å²) in [6, 6.07) is 12.0. The van der Waals surface area contributed by atoms with E-state index in [1.807, 2.05) is 0 Å². The van der Waals surface area contributed by atoms with E-state index >= 15 is 0 Å². The summed E-state index contributed by atoms with van der Waals surface area (Å²) in [4.78, 5) is 29.1. The monoisotopic (exact) mass is 443 g/mol. The van der Waals surface area contributed by atoms with Crippen LogP contribution in [0.3, 0.4) is 0 Å². The van der Waals surface area contributed by atoms with Crippen molar-refractivity contribution in [2.75, 3.05) is 0 Å². The number of rotatable bonds is 6. The van der Waals surface area contributed by atoms with Crippen molar-refractivity contribution < 1.29 is 22.7 Å². The van der Waals surface area contributed by atoms with E-state index in [0.717, 1.165) is 11.6 Å². The van der Waals surface area contributed by atoms with Crippen LogP contribution in [-0.2, 0) is 13.1 Å². The predicted octanol–water partition coefficient (Wildman–Crippen LogP) is 2.77. The van der Waals surface area contributed by atoms with Crippen molar-refractivity contribution in [3.63, 3.8) is 0 Å². The summed E-state index contributed by atoms with van der Waals surface area (Å²) in [6.07, 6.45) is -0.295. The number of alkyl halides is 3. The zero-order valence-electron chi connectivity index (χ0n) is 16.4. The second-order valence-corrected chi connectivity index (χ2v) is 6.78. The maximum absolute atomic E-state index is 12.7. The highest BCUT2D eigenvalue weighted by Gasteiger charge is 2.32. The normalized spacial score (nSPS) is 11.5. The number of aromatic nitrogens is 4. The topological polar surface area (TPSA) is 90.5 Å². The molecule has 4 aromatic rings. The average Bonchev–Trinajstić information content (AvgIpc) is 3.07. The van der Waals surface area contributed by atoms with E-state index in [0.29, 0.717) is 5.65 Å². The van der Waals surface area contributed by atoms with Crippen molar-refractivity contribution in [1.29, 1.82) is 0 Å². The van der Waals surface area contributed by atoms with Gasteiger partial charge in [-0.25, -0.2) is 13.9 Å². The Morgan fingerprint density at radius 1 is 1.06 bits per heavy atom.